The van der Waals surface area contributed by atoms with E-state index < -0.39 is 18.0 Å². The van der Waals surface area contributed by atoms with Crippen LogP contribution in [-0.2, 0) is 4.79 Å². The zero-order valence-electron chi connectivity index (χ0n) is 11.1. The van der Waals surface area contributed by atoms with Gasteiger partial charge < -0.3 is 16.2 Å². The lowest BCUT2D eigenvalue weighted by atomic mass is 10.1. The Bertz CT molecular complexity index is 446. The van der Waals surface area contributed by atoms with Gasteiger partial charge in [0.1, 0.15) is 5.82 Å². The molecule has 7 heteroatoms. The van der Waals surface area contributed by atoms with Gasteiger partial charge in [0.25, 0.3) is 0 Å². The van der Waals surface area contributed by atoms with Crippen molar-refractivity contribution < 1.29 is 14.3 Å². The van der Waals surface area contributed by atoms with E-state index in [0.29, 0.717) is 12.0 Å². The molecule has 2 atom stereocenters. The van der Waals surface area contributed by atoms with Crippen LogP contribution in [0.15, 0.2) is 18.2 Å². The molecule has 0 radical (unpaired) electrons. The Labute approximate surface area is 128 Å². The molecule has 0 saturated heterocycles. The molecular weight excluding hydrogens is 306 g/mol. The molecule has 0 heterocycles. The third-order valence-corrected chi connectivity index (χ3v) is 3.04. The van der Waals surface area contributed by atoms with Gasteiger partial charge in [0.2, 0.25) is 5.91 Å². The van der Waals surface area contributed by atoms with E-state index in [9.17, 15) is 14.3 Å². The van der Waals surface area contributed by atoms with Gasteiger partial charge in [-0.1, -0.05) is 31.0 Å². The monoisotopic (exact) mass is 324 g/mol. The summed E-state index contributed by atoms with van der Waals surface area (Å²) < 4.78 is 13.2. The van der Waals surface area contributed by atoms with E-state index >= 15 is 0 Å². The Morgan fingerprint density at radius 3 is 2.75 bits per heavy atom. The Balaban J connectivity index is 0.00000361. The van der Waals surface area contributed by atoms with E-state index in [0.717, 1.165) is 12.5 Å². The van der Waals surface area contributed by atoms with Crippen LogP contribution >= 0.6 is 24.0 Å². The zero-order valence-corrected chi connectivity index (χ0v) is 12.7. The van der Waals surface area contributed by atoms with Crippen LogP contribution in [0.25, 0.3) is 0 Å². The average molecular weight is 325 g/mol. The van der Waals surface area contributed by atoms with Crippen molar-refractivity contribution in [2.75, 3.05) is 6.54 Å². The number of benzene rings is 1. The minimum Gasteiger partial charge on any atom is -0.387 e. The van der Waals surface area contributed by atoms with Crippen molar-refractivity contribution in [1.29, 1.82) is 0 Å². The van der Waals surface area contributed by atoms with Crippen LogP contribution in [-0.4, -0.2) is 23.6 Å². The molecular formula is C13H19Cl2FN2O2. The summed E-state index contributed by atoms with van der Waals surface area (Å²) in [5.74, 6) is -0.928. The summed E-state index contributed by atoms with van der Waals surface area (Å²) in [7, 11) is 0. The van der Waals surface area contributed by atoms with Gasteiger partial charge in [-0.2, -0.15) is 0 Å². The normalized spacial score (nSPS) is 13.2. The van der Waals surface area contributed by atoms with Gasteiger partial charge in [0.15, 0.2) is 0 Å². The molecule has 1 amide bonds. The largest absolute Gasteiger partial charge is 0.387 e. The molecule has 0 aliphatic rings. The van der Waals surface area contributed by atoms with Gasteiger partial charge in [0.05, 0.1) is 17.2 Å². The summed E-state index contributed by atoms with van der Waals surface area (Å²) in [5, 5.41) is 12.4. The predicted octanol–water partition coefficient (Wildman–Crippen LogP) is 2.18. The highest BCUT2D eigenvalue weighted by molar-refractivity contribution is 6.30. The predicted molar refractivity (Wildman–Crippen MR) is 79.5 cm³/mol. The molecule has 0 spiro atoms. The molecule has 1 rings (SSSR count). The van der Waals surface area contributed by atoms with Crippen molar-refractivity contribution in [3.63, 3.8) is 0 Å². The van der Waals surface area contributed by atoms with Crippen LogP contribution < -0.4 is 11.1 Å². The fraction of sp³-hybridized carbons (Fsp3) is 0.462. The lowest BCUT2D eigenvalue weighted by molar-refractivity contribution is -0.123. The van der Waals surface area contributed by atoms with E-state index in [1.54, 1.807) is 0 Å². The van der Waals surface area contributed by atoms with E-state index in [1.807, 2.05) is 6.92 Å². The summed E-state index contributed by atoms with van der Waals surface area (Å²) in [6.07, 6.45) is 0.390. The minimum atomic E-state index is -0.996. The minimum absolute atomic E-state index is 0. The number of rotatable bonds is 6. The summed E-state index contributed by atoms with van der Waals surface area (Å²) in [4.78, 5) is 11.5. The maximum atomic E-state index is 13.2. The standard InChI is InChI=1S/C13H18ClFN2O2.ClH/c1-2-3-11(16)13(19)17-7-12(18)8-4-5-9(14)10(15)6-8;/h4-6,11-12,18H,2-3,7,16H2,1H3,(H,17,19);1H. The van der Waals surface area contributed by atoms with Gasteiger partial charge in [0, 0.05) is 6.54 Å². The third kappa shape index (κ3) is 5.63. The van der Waals surface area contributed by atoms with Gasteiger partial charge in [-0.3, -0.25) is 4.79 Å². The SMILES string of the molecule is CCCC(N)C(=O)NCC(O)c1ccc(Cl)c(F)c1.Cl. The number of aliphatic hydroxyl groups excluding tert-OH is 1. The number of carbonyl (C=O) groups excluding carboxylic acids is 1. The van der Waals surface area contributed by atoms with Gasteiger partial charge in [-0.15, -0.1) is 12.4 Å². The number of nitrogens with one attached hydrogen (secondary N) is 1. The van der Waals surface area contributed by atoms with Crippen LogP contribution in [0, 0.1) is 5.82 Å². The van der Waals surface area contributed by atoms with E-state index in [-0.39, 0.29) is 29.9 Å². The molecule has 2 unspecified atom stereocenters. The van der Waals surface area contributed by atoms with E-state index in [4.69, 9.17) is 17.3 Å². The lowest BCUT2D eigenvalue weighted by Gasteiger charge is -2.15. The molecule has 4 N–H and O–H groups in total. The highest BCUT2D eigenvalue weighted by Crippen LogP contribution is 2.19. The molecule has 0 fully saturated rings. The van der Waals surface area contributed by atoms with Crippen LogP contribution in [0.2, 0.25) is 5.02 Å². The van der Waals surface area contributed by atoms with E-state index in [1.165, 1.54) is 12.1 Å². The fourth-order valence-corrected chi connectivity index (χ4v) is 1.73. The number of hydrogen-bond donors (Lipinski definition) is 3. The summed E-state index contributed by atoms with van der Waals surface area (Å²) >= 11 is 5.55. The number of hydrogen-bond acceptors (Lipinski definition) is 3. The molecule has 0 aromatic heterocycles. The average Bonchev–Trinajstić information content (AvgIpc) is 2.39. The van der Waals surface area contributed by atoms with Crippen LogP contribution in [0.5, 0.6) is 0 Å². The molecule has 1 aromatic carbocycles. The second-order valence-corrected chi connectivity index (χ2v) is 4.74. The molecule has 0 bridgehead atoms. The second kappa shape index (κ2) is 9.13. The smallest absolute Gasteiger partial charge is 0.237 e. The fourth-order valence-electron chi connectivity index (χ4n) is 1.61. The molecule has 4 nitrogen and oxygen atoms in total. The van der Waals surface area contributed by atoms with Crippen molar-refractivity contribution in [3.8, 4) is 0 Å². The molecule has 0 aliphatic carbocycles. The van der Waals surface area contributed by atoms with Crippen molar-refractivity contribution in [2.45, 2.75) is 31.9 Å². The first-order chi connectivity index (χ1) is 8.95. The van der Waals surface area contributed by atoms with Crippen molar-refractivity contribution in [2.24, 2.45) is 5.73 Å². The first-order valence-corrected chi connectivity index (χ1v) is 6.49. The number of nitrogens with two attached hydrogens (primary N) is 1. The second-order valence-electron chi connectivity index (χ2n) is 4.33. The van der Waals surface area contributed by atoms with E-state index in [2.05, 4.69) is 5.32 Å². The molecule has 0 saturated carbocycles. The van der Waals surface area contributed by atoms with Crippen LogP contribution in [0.3, 0.4) is 0 Å². The zero-order chi connectivity index (χ0) is 14.4. The van der Waals surface area contributed by atoms with Crippen LogP contribution in [0.4, 0.5) is 4.39 Å². The number of aliphatic hydroxyl groups is 1. The Morgan fingerprint density at radius 1 is 1.55 bits per heavy atom. The highest BCUT2D eigenvalue weighted by Gasteiger charge is 2.15. The number of carbonyl (C=O) groups is 1. The highest BCUT2D eigenvalue weighted by atomic mass is 35.5. The molecule has 114 valence electrons. The first kappa shape index (κ1) is 19.1. The van der Waals surface area contributed by atoms with Crippen molar-refractivity contribution >= 4 is 29.9 Å². The Morgan fingerprint density at radius 2 is 2.20 bits per heavy atom. The Kier molecular flexibility index (Phi) is 8.73. The quantitative estimate of drug-likeness (QED) is 0.750. The molecule has 20 heavy (non-hydrogen) atoms. The van der Waals surface area contributed by atoms with Gasteiger partial charge >= 0.3 is 0 Å². The number of amides is 1. The summed E-state index contributed by atoms with van der Waals surface area (Å²) in [5.41, 5.74) is 5.98. The summed E-state index contributed by atoms with van der Waals surface area (Å²) in [6.45, 7) is 1.91. The first-order valence-electron chi connectivity index (χ1n) is 6.12. The Hall–Kier alpha value is -0.880. The molecule has 1 aromatic rings. The van der Waals surface area contributed by atoms with Crippen LogP contribution in [0.1, 0.15) is 31.4 Å². The van der Waals surface area contributed by atoms with Gasteiger partial charge in [-0.25, -0.2) is 4.39 Å². The lowest BCUT2D eigenvalue weighted by Crippen LogP contribution is -2.42. The third-order valence-electron chi connectivity index (χ3n) is 2.73. The topological polar surface area (TPSA) is 75.4 Å². The van der Waals surface area contributed by atoms with Gasteiger partial charge in [-0.05, 0) is 24.1 Å². The maximum Gasteiger partial charge on any atom is 0.237 e. The summed E-state index contributed by atoms with van der Waals surface area (Å²) in [6, 6.07) is 3.43. The van der Waals surface area contributed by atoms with Crippen molar-refractivity contribution in [1.82, 2.24) is 5.32 Å². The number of halogens is 3. The molecule has 0 aliphatic heterocycles. The van der Waals surface area contributed by atoms with Crippen molar-refractivity contribution in [3.05, 3.63) is 34.6 Å². The maximum absolute atomic E-state index is 13.2.